The second-order valence-electron chi connectivity index (χ2n) is 11.9. The third-order valence-corrected chi connectivity index (χ3v) is 8.22. The van der Waals surface area contributed by atoms with Gasteiger partial charge >= 0.3 is 0 Å². The first-order valence-corrected chi connectivity index (χ1v) is 15.0. The number of anilines is 3. The van der Waals surface area contributed by atoms with E-state index < -0.39 is 0 Å². The second-order valence-corrected chi connectivity index (χ2v) is 11.9. The van der Waals surface area contributed by atoms with Crippen LogP contribution in [0, 0.1) is 6.92 Å². The van der Waals surface area contributed by atoms with Crippen molar-refractivity contribution in [2.24, 2.45) is 7.05 Å². The Morgan fingerprint density at radius 2 is 1.91 bits per heavy atom. The average molecular weight is 590 g/mol. The van der Waals surface area contributed by atoms with Crippen LogP contribution in [0.25, 0.3) is 22.1 Å². The number of rotatable bonds is 8. The van der Waals surface area contributed by atoms with Gasteiger partial charge in [-0.3, -0.25) is 4.79 Å². The van der Waals surface area contributed by atoms with Crippen molar-refractivity contribution in [3.8, 4) is 0 Å². The lowest BCUT2D eigenvalue weighted by atomic mass is 9.99. The van der Waals surface area contributed by atoms with Gasteiger partial charge in [0.15, 0.2) is 5.82 Å². The summed E-state index contributed by atoms with van der Waals surface area (Å²) in [5.74, 6) is 1.58. The molecule has 1 unspecified atom stereocenters. The molecule has 1 saturated heterocycles. The number of pyridine rings is 1. The number of nitrogens with one attached hydrogen (secondary N) is 1. The number of imidazole rings is 1. The van der Waals surface area contributed by atoms with Crippen LogP contribution in [0.3, 0.4) is 0 Å². The molecular formula is C34H39N9O. The molecule has 0 bridgehead atoms. The molecule has 5 aromatic rings. The highest BCUT2D eigenvalue weighted by Gasteiger charge is 2.27. The first-order valence-electron chi connectivity index (χ1n) is 15.0. The van der Waals surface area contributed by atoms with Crippen LogP contribution in [0.15, 0.2) is 73.3 Å². The van der Waals surface area contributed by atoms with Gasteiger partial charge in [0, 0.05) is 51.0 Å². The molecule has 1 amide bonds. The zero-order valence-electron chi connectivity index (χ0n) is 26.0. The van der Waals surface area contributed by atoms with E-state index in [0.29, 0.717) is 31.0 Å². The molecule has 1 atom stereocenters. The molecule has 4 heterocycles. The Balaban J connectivity index is 1.16. The standard InChI is InChI=1S/C34H39N9O/c1-23-17-27(10-9-26(23)18-25-8-12-30-29(19-25)37-22-41(30)5)38-34-33-28(35-21-36-34)11-13-31(39-33)42-15-16-43(24(2)20-42)32(44)7-6-14-40(3)4/h6-13,17,19,21-22,24H,14-16,18,20H2,1-5H3,(H,35,36,38)/b7-6+. The molecular weight excluding hydrogens is 550 g/mol. The van der Waals surface area contributed by atoms with Crippen LogP contribution in [0.4, 0.5) is 17.3 Å². The largest absolute Gasteiger partial charge is 0.353 e. The highest BCUT2D eigenvalue weighted by molar-refractivity contribution is 5.89. The maximum Gasteiger partial charge on any atom is 0.246 e. The zero-order valence-corrected chi connectivity index (χ0v) is 26.0. The fourth-order valence-electron chi connectivity index (χ4n) is 5.77. The molecule has 0 aliphatic carbocycles. The number of likely N-dealkylation sites (N-methyl/N-ethyl adjacent to an activating group) is 1. The van der Waals surface area contributed by atoms with Crippen LogP contribution in [0.2, 0.25) is 0 Å². The Hall–Kier alpha value is -4.83. The minimum atomic E-state index is 0.0564. The predicted molar refractivity (Wildman–Crippen MR) is 176 cm³/mol. The van der Waals surface area contributed by atoms with Gasteiger partial charge in [0.1, 0.15) is 17.7 Å². The Bertz CT molecular complexity index is 1840. The van der Waals surface area contributed by atoms with Crippen LogP contribution in [-0.4, -0.2) is 86.5 Å². The van der Waals surface area contributed by atoms with Gasteiger partial charge in [0.2, 0.25) is 5.91 Å². The van der Waals surface area contributed by atoms with E-state index in [1.165, 1.54) is 16.7 Å². The molecule has 1 N–H and O–H groups in total. The lowest BCUT2D eigenvalue weighted by Crippen LogP contribution is -2.54. The number of piperazine rings is 1. The summed E-state index contributed by atoms with van der Waals surface area (Å²) in [5.41, 5.74) is 8.28. The van der Waals surface area contributed by atoms with Crippen molar-refractivity contribution >= 4 is 45.3 Å². The lowest BCUT2D eigenvalue weighted by Gasteiger charge is -2.40. The van der Waals surface area contributed by atoms with Gasteiger partial charge < -0.3 is 24.6 Å². The molecule has 1 aliphatic heterocycles. The van der Waals surface area contributed by atoms with E-state index in [-0.39, 0.29) is 11.9 Å². The maximum atomic E-state index is 12.8. The zero-order chi connectivity index (χ0) is 30.8. The molecule has 3 aromatic heterocycles. The number of benzene rings is 2. The fraction of sp³-hybridized carbons (Fsp3) is 0.324. The molecule has 2 aromatic carbocycles. The Kier molecular flexibility index (Phi) is 8.25. The summed E-state index contributed by atoms with van der Waals surface area (Å²) in [6.07, 6.45) is 7.86. The number of aryl methyl sites for hydroxylation is 2. The third-order valence-electron chi connectivity index (χ3n) is 8.22. The molecule has 1 aliphatic rings. The van der Waals surface area contributed by atoms with Crippen LogP contribution in [0.5, 0.6) is 0 Å². The van der Waals surface area contributed by atoms with Crippen molar-refractivity contribution in [3.63, 3.8) is 0 Å². The van der Waals surface area contributed by atoms with Gasteiger partial charge in [0.25, 0.3) is 0 Å². The predicted octanol–water partition coefficient (Wildman–Crippen LogP) is 4.71. The molecule has 1 fully saturated rings. The topological polar surface area (TPSA) is 95.3 Å². The van der Waals surface area contributed by atoms with Crippen LogP contribution in [0.1, 0.15) is 23.6 Å². The average Bonchev–Trinajstić information content (AvgIpc) is 3.37. The van der Waals surface area contributed by atoms with Gasteiger partial charge in [0.05, 0.1) is 22.9 Å². The van der Waals surface area contributed by atoms with Gasteiger partial charge in [-0.1, -0.05) is 18.2 Å². The number of hydrogen-bond donors (Lipinski definition) is 1. The van der Waals surface area contributed by atoms with E-state index in [1.807, 2.05) is 60.0 Å². The SMILES string of the molecule is Cc1cc(Nc2ncnc3ccc(N4CCN(C(=O)/C=C/CN(C)C)C(C)C4)nc23)ccc1Cc1ccc2c(c1)ncn2C. The van der Waals surface area contributed by atoms with E-state index in [4.69, 9.17) is 4.98 Å². The summed E-state index contributed by atoms with van der Waals surface area (Å²) in [6, 6.07) is 16.9. The fourth-order valence-corrected chi connectivity index (χ4v) is 5.77. The van der Waals surface area contributed by atoms with Crippen LogP contribution < -0.4 is 10.2 Å². The van der Waals surface area contributed by atoms with Gasteiger partial charge in [-0.15, -0.1) is 0 Å². The first kappa shape index (κ1) is 29.3. The summed E-state index contributed by atoms with van der Waals surface area (Å²) >= 11 is 0. The molecule has 10 heteroatoms. The lowest BCUT2D eigenvalue weighted by molar-refractivity contribution is -0.128. The van der Waals surface area contributed by atoms with Gasteiger partial charge in [-0.25, -0.2) is 19.9 Å². The highest BCUT2D eigenvalue weighted by Crippen LogP contribution is 2.27. The molecule has 0 spiro atoms. The van der Waals surface area contributed by atoms with Crippen molar-refractivity contribution in [1.29, 1.82) is 0 Å². The van der Waals surface area contributed by atoms with E-state index >= 15 is 0 Å². The molecule has 10 nitrogen and oxygen atoms in total. The number of hydrogen-bond acceptors (Lipinski definition) is 8. The Morgan fingerprint density at radius 3 is 2.70 bits per heavy atom. The quantitative estimate of drug-likeness (QED) is 0.260. The summed E-state index contributed by atoms with van der Waals surface area (Å²) in [6.45, 7) is 7.02. The molecule has 226 valence electrons. The highest BCUT2D eigenvalue weighted by atomic mass is 16.2. The summed E-state index contributed by atoms with van der Waals surface area (Å²) in [5, 5.41) is 3.49. The van der Waals surface area contributed by atoms with Crippen LogP contribution in [-0.2, 0) is 18.3 Å². The smallest absolute Gasteiger partial charge is 0.246 e. The number of nitrogens with zero attached hydrogens (tertiary/aromatic N) is 8. The van der Waals surface area contributed by atoms with E-state index in [9.17, 15) is 4.79 Å². The number of carbonyl (C=O) groups excluding carboxylic acids is 1. The van der Waals surface area contributed by atoms with Crippen molar-refractivity contribution < 1.29 is 4.79 Å². The third kappa shape index (κ3) is 6.26. The Labute approximate surface area is 258 Å². The minimum Gasteiger partial charge on any atom is -0.353 e. The summed E-state index contributed by atoms with van der Waals surface area (Å²) in [7, 11) is 5.99. The van der Waals surface area contributed by atoms with Crippen LogP contribution >= 0.6 is 0 Å². The first-order chi connectivity index (χ1) is 21.2. The van der Waals surface area contributed by atoms with Gasteiger partial charge in [-0.2, -0.15) is 0 Å². The molecule has 0 saturated carbocycles. The number of carbonyl (C=O) groups is 1. The second kappa shape index (κ2) is 12.4. The molecule has 6 rings (SSSR count). The van der Waals surface area contributed by atoms with Crippen molar-refractivity contribution in [3.05, 3.63) is 90.0 Å². The summed E-state index contributed by atoms with van der Waals surface area (Å²) < 4.78 is 2.04. The van der Waals surface area contributed by atoms with E-state index in [2.05, 4.69) is 75.4 Å². The van der Waals surface area contributed by atoms with E-state index in [0.717, 1.165) is 41.0 Å². The monoisotopic (exact) mass is 589 g/mol. The molecule has 44 heavy (non-hydrogen) atoms. The van der Waals surface area contributed by atoms with Gasteiger partial charge in [-0.05, 0) is 87.5 Å². The van der Waals surface area contributed by atoms with Crippen molar-refractivity contribution in [1.82, 2.24) is 34.3 Å². The number of amides is 1. The van der Waals surface area contributed by atoms with E-state index in [1.54, 1.807) is 12.4 Å². The molecule has 0 radical (unpaired) electrons. The number of fused-ring (bicyclic) bond motifs is 2. The maximum absolute atomic E-state index is 12.8. The normalized spacial score (nSPS) is 15.6. The van der Waals surface area contributed by atoms with Crippen molar-refractivity contribution in [2.45, 2.75) is 26.3 Å². The Morgan fingerprint density at radius 1 is 1.05 bits per heavy atom. The van der Waals surface area contributed by atoms with Crippen molar-refractivity contribution in [2.75, 3.05) is 50.5 Å². The summed E-state index contributed by atoms with van der Waals surface area (Å²) in [4.78, 5) is 37.5. The minimum absolute atomic E-state index is 0.0564. The number of aromatic nitrogens is 5.